The van der Waals surface area contributed by atoms with Crippen LogP contribution in [0.2, 0.25) is 0 Å². The first kappa shape index (κ1) is 17.6. The monoisotopic (exact) mass is 406 g/mol. The van der Waals surface area contributed by atoms with Gasteiger partial charge in [0, 0.05) is 21.5 Å². The maximum absolute atomic E-state index is 12.4. The van der Waals surface area contributed by atoms with Crippen LogP contribution in [0.15, 0.2) is 46.3 Å². The molecule has 2 aromatic rings. The van der Waals surface area contributed by atoms with E-state index >= 15 is 0 Å². The second-order valence-electron chi connectivity index (χ2n) is 6.47. The summed E-state index contributed by atoms with van der Waals surface area (Å²) in [5.74, 6) is 0.803. The molecule has 0 aliphatic carbocycles. The zero-order valence-electron chi connectivity index (χ0n) is 13.9. The van der Waals surface area contributed by atoms with E-state index in [9.17, 15) is 4.79 Å². The van der Waals surface area contributed by atoms with Gasteiger partial charge in [-0.15, -0.1) is 11.3 Å². The number of hydrogen-bond acceptors (Lipinski definition) is 3. The van der Waals surface area contributed by atoms with E-state index < -0.39 is 0 Å². The van der Waals surface area contributed by atoms with Crippen LogP contribution in [-0.4, -0.2) is 30.4 Å². The summed E-state index contributed by atoms with van der Waals surface area (Å²) in [5, 5.41) is 5.24. The molecule has 0 saturated carbocycles. The Kier molecular flexibility index (Phi) is 6.09. The Labute approximate surface area is 156 Å². The van der Waals surface area contributed by atoms with Gasteiger partial charge in [-0.3, -0.25) is 9.69 Å². The molecule has 5 heteroatoms. The quantitative estimate of drug-likeness (QED) is 0.779. The number of hydrogen-bond donors (Lipinski definition) is 1. The molecule has 2 heterocycles. The van der Waals surface area contributed by atoms with Gasteiger partial charge in [-0.05, 0) is 67.6 Å². The van der Waals surface area contributed by atoms with Crippen LogP contribution in [-0.2, 0) is 0 Å². The van der Waals surface area contributed by atoms with Crippen LogP contribution in [0.25, 0.3) is 0 Å². The third-order valence-electron chi connectivity index (χ3n) is 4.69. The lowest BCUT2D eigenvalue weighted by Gasteiger charge is -2.36. The number of carbonyl (C=O) groups is 1. The SMILES string of the molecule is CC1CCN(C(CNC(=O)c2ccc(Br)cc2)c2cccs2)CC1. The minimum atomic E-state index is -0.00515. The van der Waals surface area contributed by atoms with E-state index in [0.717, 1.165) is 23.5 Å². The molecular formula is C19H23BrN2OS. The second kappa shape index (κ2) is 8.28. The zero-order chi connectivity index (χ0) is 16.9. The molecule has 1 aromatic carbocycles. The van der Waals surface area contributed by atoms with E-state index in [1.54, 1.807) is 11.3 Å². The largest absolute Gasteiger partial charge is 0.350 e. The van der Waals surface area contributed by atoms with Gasteiger partial charge < -0.3 is 5.32 Å². The highest BCUT2D eigenvalue weighted by Crippen LogP contribution is 2.29. The Morgan fingerprint density at radius 3 is 2.62 bits per heavy atom. The molecule has 1 fully saturated rings. The Balaban J connectivity index is 1.66. The average molecular weight is 407 g/mol. The smallest absolute Gasteiger partial charge is 0.251 e. The lowest BCUT2D eigenvalue weighted by atomic mass is 9.97. The van der Waals surface area contributed by atoms with Crippen LogP contribution in [0.3, 0.4) is 0 Å². The topological polar surface area (TPSA) is 32.3 Å². The molecule has 0 radical (unpaired) electrons. The summed E-state index contributed by atoms with van der Waals surface area (Å²) in [7, 11) is 0. The summed E-state index contributed by atoms with van der Waals surface area (Å²) in [6.45, 7) is 5.20. The van der Waals surface area contributed by atoms with Crippen LogP contribution in [0.1, 0.15) is 41.0 Å². The fourth-order valence-electron chi connectivity index (χ4n) is 3.12. The van der Waals surface area contributed by atoms with Crippen LogP contribution in [0, 0.1) is 5.92 Å². The van der Waals surface area contributed by atoms with Gasteiger partial charge >= 0.3 is 0 Å². The van der Waals surface area contributed by atoms with E-state index in [1.807, 2.05) is 24.3 Å². The number of amides is 1. The normalized spacial score (nSPS) is 17.6. The van der Waals surface area contributed by atoms with E-state index in [-0.39, 0.29) is 11.9 Å². The molecule has 1 aliphatic heterocycles. The average Bonchev–Trinajstić information content (AvgIpc) is 3.11. The molecule has 0 bridgehead atoms. The third kappa shape index (κ3) is 4.47. The highest BCUT2D eigenvalue weighted by Gasteiger charge is 2.25. The lowest BCUT2D eigenvalue weighted by Crippen LogP contribution is -2.41. The van der Waals surface area contributed by atoms with Crippen molar-refractivity contribution in [3.63, 3.8) is 0 Å². The predicted octanol–water partition coefficient (Wildman–Crippen LogP) is 4.71. The van der Waals surface area contributed by atoms with Crippen LogP contribution in [0.4, 0.5) is 0 Å². The maximum Gasteiger partial charge on any atom is 0.251 e. The van der Waals surface area contributed by atoms with Crippen molar-refractivity contribution in [2.24, 2.45) is 5.92 Å². The first-order chi connectivity index (χ1) is 11.6. The molecule has 3 rings (SSSR count). The minimum absolute atomic E-state index is 0.00515. The standard InChI is InChI=1S/C19H23BrN2OS/c1-14-8-10-22(11-9-14)17(18-3-2-12-24-18)13-21-19(23)15-4-6-16(20)7-5-15/h2-7,12,14,17H,8-11,13H2,1H3,(H,21,23). The fraction of sp³-hybridized carbons (Fsp3) is 0.421. The number of nitrogens with zero attached hydrogens (tertiary/aromatic N) is 1. The second-order valence-corrected chi connectivity index (χ2v) is 8.36. The number of likely N-dealkylation sites (tertiary alicyclic amines) is 1. The van der Waals surface area contributed by atoms with E-state index in [1.165, 1.54) is 17.7 Å². The molecule has 24 heavy (non-hydrogen) atoms. The summed E-state index contributed by atoms with van der Waals surface area (Å²) < 4.78 is 0.984. The molecule has 1 atom stereocenters. The predicted molar refractivity (Wildman–Crippen MR) is 104 cm³/mol. The number of carbonyl (C=O) groups excluding carboxylic acids is 1. The van der Waals surface area contributed by atoms with Crippen molar-refractivity contribution in [1.82, 2.24) is 10.2 Å². The van der Waals surface area contributed by atoms with Gasteiger partial charge in [-0.1, -0.05) is 28.9 Å². The van der Waals surface area contributed by atoms with Gasteiger partial charge in [0.05, 0.1) is 6.04 Å². The highest BCUT2D eigenvalue weighted by molar-refractivity contribution is 9.10. The van der Waals surface area contributed by atoms with Gasteiger partial charge in [0.2, 0.25) is 0 Å². The molecule has 1 aromatic heterocycles. The molecule has 1 unspecified atom stereocenters. The number of halogens is 1. The van der Waals surface area contributed by atoms with E-state index in [0.29, 0.717) is 12.1 Å². The summed E-state index contributed by atoms with van der Waals surface area (Å²) >= 11 is 5.18. The fourth-order valence-corrected chi connectivity index (χ4v) is 4.25. The highest BCUT2D eigenvalue weighted by atomic mass is 79.9. The van der Waals surface area contributed by atoms with Gasteiger partial charge in [0.15, 0.2) is 0 Å². The van der Waals surface area contributed by atoms with Crippen LogP contribution < -0.4 is 5.32 Å². The van der Waals surface area contributed by atoms with Gasteiger partial charge in [0.1, 0.15) is 0 Å². The zero-order valence-corrected chi connectivity index (χ0v) is 16.3. The first-order valence-corrected chi connectivity index (χ1v) is 10.1. The summed E-state index contributed by atoms with van der Waals surface area (Å²) in [4.78, 5) is 16.3. The molecule has 128 valence electrons. The van der Waals surface area contributed by atoms with Gasteiger partial charge in [0.25, 0.3) is 5.91 Å². The minimum Gasteiger partial charge on any atom is -0.350 e. The van der Waals surface area contributed by atoms with Crippen molar-refractivity contribution >= 4 is 33.2 Å². The molecule has 0 spiro atoms. The number of thiophene rings is 1. The molecule has 3 nitrogen and oxygen atoms in total. The van der Waals surface area contributed by atoms with E-state index in [4.69, 9.17) is 0 Å². The van der Waals surface area contributed by atoms with Crippen molar-refractivity contribution in [3.05, 3.63) is 56.7 Å². The van der Waals surface area contributed by atoms with Crippen molar-refractivity contribution in [1.29, 1.82) is 0 Å². The van der Waals surface area contributed by atoms with Crippen molar-refractivity contribution < 1.29 is 4.79 Å². The molecule has 1 N–H and O–H groups in total. The molecule has 1 aliphatic rings. The first-order valence-electron chi connectivity index (χ1n) is 8.44. The molecular weight excluding hydrogens is 384 g/mol. The van der Waals surface area contributed by atoms with Gasteiger partial charge in [-0.25, -0.2) is 0 Å². The summed E-state index contributed by atoms with van der Waals surface area (Å²) in [6.07, 6.45) is 2.48. The van der Waals surface area contributed by atoms with Crippen molar-refractivity contribution in [2.45, 2.75) is 25.8 Å². The van der Waals surface area contributed by atoms with Gasteiger partial charge in [-0.2, -0.15) is 0 Å². The van der Waals surface area contributed by atoms with Crippen LogP contribution in [0.5, 0.6) is 0 Å². The molecule has 1 saturated heterocycles. The Bertz CT molecular complexity index is 649. The van der Waals surface area contributed by atoms with E-state index in [2.05, 4.69) is 50.6 Å². The van der Waals surface area contributed by atoms with Crippen molar-refractivity contribution in [3.8, 4) is 0 Å². The number of nitrogens with one attached hydrogen (secondary N) is 1. The summed E-state index contributed by atoms with van der Waals surface area (Å²) in [6, 6.07) is 12.0. The third-order valence-corrected chi connectivity index (χ3v) is 6.20. The Morgan fingerprint density at radius 1 is 1.29 bits per heavy atom. The van der Waals surface area contributed by atoms with Crippen LogP contribution >= 0.6 is 27.3 Å². The van der Waals surface area contributed by atoms with Crippen molar-refractivity contribution in [2.75, 3.05) is 19.6 Å². The number of piperidine rings is 1. The summed E-state index contributed by atoms with van der Waals surface area (Å²) in [5.41, 5.74) is 0.704. The Morgan fingerprint density at radius 2 is 2.00 bits per heavy atom. The maximum atomic E-state index is 12.4. The molecule has 1 amide bonds. The number of benzene rings is 1. The lowest BCUT2D eigenvalue weighted by molar-refractivity contribution is 0.0915. The number of rotatable bonds is 5. The Hall–Kier alpha value is -1.17.